The van der Waals surface area contributed by atoms with Crippen LogP contribution in [0.5, 0.6) is 0 Å². The van der Waals surface area contributed by atoms with Crippen LogP contribution < -0.4 is 5.32 Å². The molecule has 0 saturated heterocycles. The molecule has 3 aromatic rings. The van der Waals surface area contributed by atoms with Crippen LogP contribution in [0.25, 0.3) is 10.6 Å². The quantitative estimate of drug-likeness (QED) is 0.563. The summed E-state index contributed by atoms with van der Waals surface area (Å²) in [4.78, 5) is 18.0. The molecule has 0 unspecified atom stereocenters. The fourth-order valence-corrected chi connectivity index (χ4v) is 6.34. The average molecular weight is 450 g/mol. The highest BCUT2D eigenvalue weighted by Gasteiger charge is 2.24. The Morgan fingerprint density at radius 1 is 1.17 bits per heavy atom. The Labute approximate surface area is 179 Å². The van der Waals surface area contributed by atoms with E-state index < -0.39 is 10.0 Å². The molecule has 29 heavy (non-hydrogen) atoms. The molecule has 1 amide bonds. The van der Waals surface area contributed by atoms with E-state index in [4.69, 9.17) is 0 Å². The zero-order valence-electron chi connectivity index (χ0n) is 16.7. The van der Waals surface area contributed by atoms with Crippen molar-refractivity contribution in [3.8, 4) is 10.6 Å². The predicted octanol–water partition coefficient (Wildman–Crippen LogP) is 4.77. The molecular formula is C20H23N3O3S3. The van der Waals surface area contributed by atoms with E-state index >= 15 is 0 Å². The summed E-state index contributed by atoms with van der Waals surface area (Å²) in [5.74, 6) is -0.295. The lowest BCUT2D eigenvalue weighted by Crippen LogP contribution is -2.31. The van der Waals surface area contributed by atoms with E-state index in [0.29, 0.717) is 34.9 Å². The molecule has 9 heteroatoms. The zero-order valence-corrected chi connectivity index (χ0v) is 19.2. The van der Waals surface area contributed by atoms with Gasteiger partial charge in [0, 0.05) is 29.7 Å². The van der Waals surface area contributed by atoms with Gasteiger partial charge in [-0.2, -0.15) is 15.6 Å². The lowest BCUT2D eigenvalue weighted by atomic mass is 10.2. The van der Waals surface area contributed by atoms with E-state index in [-0.39, 0.29) is 10.8 Å². The van der Waals surface area contributed by atoms with Crippen molar-refractivity contribution in [1.82, 2.24) is 9.29 Å². The van der Waals surface area contributed by atoms with E-state index in [9.17, 15) is 13.2 Å². The molecular weight excluding hydrogens is 426 g/mol. The van der Waals surface area contributed by atoms with E-state index in [1.807, 2.05) is 16.8 Å². The molecule has 0 radical (unpaired) electrons. The van der Waals surface area contributed by atoms with Crippen LogP contribution in [0.1, 0.15) is 34.8 Å². The first-order chi connectivity index (χ1) is 13.8. The maximum absolute atomic E-state index is 12.9. The second kappa shape index (κ2) is 8.74. The van der Waals surface area contributed by atoms with Crippen molar-refractivity contribution < 1.29 is 13.2 Å². The molecule has 0 spiro atoms. The van der Waals surface area contributed by atoms with E-state index in [0.717, 1.165) is 10.6 Å². The van der Waals surface area contributed by atoms with Gasteiger partial charge in [-0.3, -0.25) is 4.79 Å². The number of aromatic nitrogens is 1. The molecule has 0 aliphatic carbocycles. The lowest BCUT2D eigenvalue weighted by Gasteiger charge is -2.20. The number of amides is 1. The molecule has 0 fully saturated rings. The van der Waals surface area contributed by atoms with Crippen molar-refractivity contribution in [2.45, 2.75) is 32.6 Å². The number of sulfonamides is 1. The number of anilines is 1. The summed E-state index contributed by atoms with van der Waals surface area (Å²) in [6.45, 7) is 7.94. The van der Waals surface area contributed by atoms with Crippen LogP contribution in [0.4, 0.5) is 5.69 Å². The van der Waals surface area contributed by atoms with Crippen LogP contribution in [0, 0.1) is 13.8 Å². The second-order valence-corrected chi connectivity index (χ2v) is 10.2. The van der Waals surface area contributed by atoms with Crippen molar-refractivity contribution in [2.75, 3.05) is 18.4 Å². The Bertz CT molecular complexity index is 1120. The van der Waals surface area contributed by atoms with Crippen molar-refractivity contribution in [3.63, 3.8) is 0 Å². The molecule has 1 aromatic carbocycles. The number of nitrogens with zero attached hydrogens (tertiary/aromatic N) is 2. The summed E-state index contributed by atoms with van der Waals surface area (Å²) >= 11 is 2.90. The second-order valence-electron chi connectivity index (χ2n) is 6.47. The van der Waals surface area contributed by atoms with Gasteiger partial charge in [-0.15, -0.1) is 11.3 Å². The van der Waals surface area contributed by atoms with Gasteiger partial charge in [0.05, 0.1) is 10.6 Å². The molecule has 2 aromatic heterocycles. The highest BCUT2D eigenvalue weighted by molar-refractivity contribution is 7.89. The van der Waals surface area contributed by atoms with Crippen molar-refractivity contribution in [2.24, 2.45) is 0 Å². The number of aryl methyl sites for hydroxylation is 2. The van der Waals surface area contributed by atoms with Gasteiger partial charge >= 0.3 is 0 Å². The zero-order chi connectivity index (χ0) is 21.2. The molecule has 0 saturated carbocycles. The SMILES string of the molecule is CCN(CC)S(=O)(=O)c1cc(NC(=O)c2sc(-c3ccsc3)nc2C)ccc1C. The number of carbonyl (C=O) groups is 1. The van der Waals surface area contributed by atoms with Gasteiger partial charge in [0.2, 0.25) is 10.0 Å². The molecule has 0 atom stereocenters. The Balaban J connectivity index is 1.89. The Kier molecular flexibility index (Phi) is 6.52. The lowest BCUT2D eigenvalue weighted by molar-refractivity contribution is 0.102. The first-order valence-electron chi connectivity index (χ1n) is 9.20. The molecule has 2 heterocycles. The van der Waals surface area contributed by atoms with Gasteiger partial charge < -0.3 is 5.32 Å². The van der Waals surface area contributed by atoms with E-state index in [1.165, 1.54) is 21.7 Å². The minimum atomic E-state index is -3.62. The molecule has 0 aliphatic heterocycles. The van der Waals surface area contributed by atoms with Crippen molar-refractivity contribution in [1.29, 1.82) is 0 Å². The largest absolute Gasteiger partial charge is 0.321 e. The number of thiophene rings is 1. The monoisotopic (exact) mass is 449 g/mol. The van der Waals surface area contributed by atoms with Crippen LogP contribution in [0.3, 0.4) is 0 Å². The average Bonchev–Trinajstić information content (AvgIpc) is 3.33. The highest BCUT2D eigenvalue weighted by atomic mass is 32.2. The first kappa shape index (κ1) is 21.6. The van der Waals surface area contributed by atoms with Crippen LogP contribution in [-0.2, 0) is 10.0 Å². The first-order valence-corrected chi connectivity index (χ1v) is 12.4. The molecule has 1 N–H and O–H groups in total. The van der Waals surface area contributed by atoms with Gasteiger partial charge in [-0.25, -0.2) is 13.4 Å². The van der Waals surface area contributed by atoms with Crippen LogP contribution in [0.15, 0.2) is 39.9 Å². The molecule has 6 nitrogen and oxygen atoms in total. The number of hydrogen-bond acceptors (Lipinski definition) is 6. The smallest absolute Gasteiger partial charge is 0.267 e. The number of nitrogens with one attached hydrogen (secondary N) is 1. The third-order valence-electron chi connectivity index (χ3n) is 4.54. The summed E-state index contributed by atoms with van der Waals surface area (Å²) in [6.07, 6.45) is 0. The number of hydrogen-bond donors (Lipinski definition) is 1. The van der Waals surface area contributed by atoms with Gasteiger partial charge in [0.25, 0.3) is 5.91 Å². The van der Waals surface area contributed by atoms with Crippen molar-refractivity contribution in [3.05, 3.63) is 51.2 Å². The molecule has 3 rings (SSSR count). The predicted molar refractivity (Wildman–Crippen MR) is 119 cm³/mol. The fourth-order valence-electron chi connectivity index (χ4n) is 2.96. The highest BCUT2D eigenvalue weighted by Crippen LogP contribution is 2.30. The van der Waals surface area contributed by atoms with Crippen molar-refractivity contribution >= 4 is 44.3 Å². The number of carbonyl (C=O) groups excluding carboxylic acids is 1. The number of rotatable bonds is 7. The molecule has 154 valence electrons. The standard InChI is InChI=1S/C20H23N3O3S3/c1-5-23(6-2)29(25,26)17-11-16(8-7-13(17)3)22-19(24)18-14(4)21-20(28-18)15-9-10-27-12-15/h7-12H,5-6H2,1-4H3,(H,22,24). The van der Waals surface area contributed by atoms with E-state index in [2.05, 4.69) is 10.3 Å². The van der Waals surface area contributed by atoms with Gasteiger partial charge in [0.15, 0.2) is 0 Å². The summed E-state index contributed by atoms with van der Waals surface area (Å²) < 4.78 is 27.2. The fraction of sp³-hybridized carbons (Fsp3) is 0.300. The third-order valence-corrected chi connectivity index (χ3v) is 8.62. The summed E-state index contributed by atoms with van der Waals surface area (Å²) in [7, 11) is -3.62. The van der Waals surface area contributed by atoms with E-state index in [1.54, 1.807) is 51.2 Å². The Hall–Kier alpha value is -2.07. The summed E-state index contributed by atoms with van der Waals surface area (Å²) in [5.41, 5.74) is 2.72. The summed E-state index contributed by atoms with van der Waals surface area (Å²) in [5, 5.41) is 7.58. The maximum Gasteiger partial charge on any atom is 0.267 e. The third kappa shape index (κ3) is 4.42. The Morgan fingerprint density at radius 3 is 2.52 bits per heavy atom. The maximum atomic E-state index is 12.9. The molecule has 0 aliphatic rings. The van der Waals surface area contributed by atoms with Gasteiger partial charge in [0.1, 0.15) is 9.88 Å². The molecule has 0 bridgehead atoms. The van der Waals surface area contributed by atoms with Gasteiger partial charge in [-0.05, 0) is 43.0 Å². The number of benzene rings is 1. The normalized spacial score (nSPS) is 11.8. The van der Waals surface area contributed by atoms with Crippen LogP contribution >= 0.6 is 22.7 Å². The van der Waals surface area contributed by atoms with Crippen LogP contribution in [-0.4, -0.2) is 36.7 Å². The Morgan fingerprint density at radius 2 is 1.90 bits per heavy atom. The minimum absolute atomic E-state index is 0.207. The summed E-state index contributed by atoms with van der Waals surface area (Å²) in [6, 6.07) is 6.92. The van der Waals surface area contributed by atoms with Crippen LogP contribution in [0.2, 0.25) is 0 Å². The minimum Gasteiger partial charge on any atom is -0.321 e. The van der Waals surface area contributed by atoms with Gasteiger partial charge in [-0.1, -0.05) is 19.9 Å². The topological polar surface area (TPSA) is 79.4 Å². The number of thiazole rings is 1.